The molecule has 1 saturated heterocycles. The lowest BCUT2D eigenvalue weighted by molar-refractivity contribution is -0.126. The number of amides is 1. The van der Waals surface area contributed by atoms with E-state index in [0.717, 1.165) is 25.9 Å². The highest BCUT2D eigenvalue weighted by molar-refractivity contribution is 5.75. The molecule has 0 aromatic heterocycles. The molecular formula is C10H21N3O. The zero-order valence-corrected chi connectivity index (χ0v) is 8.80. The Labute approximate surface area is 85.8 Å². The average Bonchev–Trinajstić information content (AvgIpc) is 2.20. The standard InChI is InChI=1S/C10H21N3O/c11-7-3-2-6-10(14)12-13-8-4-1-5-9-13/h1-9,11H2,(H,12,14). The molecule has 1 heterocycles. The Morgan fingerprint density at radius 3 is 2.57 bits per heavy atom. The monoisotopic (exact) mass is 199 g/mol. The van der Waals surface area contributed by atoms with Gasteiger partial charge in [0.05, 0.1) is 0 Å². The van der Waals surface area contributed by atoms with Gasteiger partial charge in [0.2, 0.25) is 5.91 Å². The van der Waals surface area contributed by atoms with Crippen molar-refractivity contribution in [3.8, 4) is 0 Å². The summed E-state index contributed by atoms with van der Waals surface area (Å²) in [5, 5.41) is 2.04. The summed E-state index contributed by atoms with van der Waals surface area (Å²) < 4.78 is 0. The van der Waals surface area contributed by atoms with Crippen LogP contribution in [-0.2, 0) is 4.79 Å². The van der Waals surface area contributed by atoms with Crippen molar-refractivity contribution in [3.63, 3.8) is 0 Å². The second kappa shape index (κ2) is 6.79. The number of carbonyl (C=O) groups excluding carboxylic acids is 1. The highest BCUT2D eigenvalue weighted by Crippen LogP contribution is 2.06. The van der Waals surface area contributed by atoms with Crippen LogP contribution in [0, 0.1) is 0 Å². The number of nitrogens with two attached hydrogens (primary N) is 1. The van der Waals surface area contributed by atoms with Gasteiger partial charge in [-0.1, -0.05) is 6.42 Å². The van der Waals surface area contributed by atoms with Crippen LogP contribution in [0.25, 0.3) is 0 Å². The number of piperidine rings is 1. The molecule has 0 radical (unpaired) electrons. The third kappa shape index (κ3) is 4.58. The Morgan fingerprint density at radius 2 is 1.93 bits per heavy atom. The lowest BCUT2D eigenvalue weighted by Gasteiger charge is -2.26. The summed E-state index contributed by atoms with van der Waals surface area (Å²) in [4.78, 5) is 11.4. The van der Waals surface area contributed by atoms with Crippen molar-refractivity contribution in [1.82, 2.24) is 10.4 Å². The number of hydrogen-bond acceptors (Lipinski definition) is 3. The van der Waals surface area contributed by atoms with Crippen molar-refractivity contribution in [2.24, 2.45) is 5.73 Å². The minimum absolute atomic E-state index is 0.139. The van der Waals surface area contributed by atoms with Gasteiger partial charge in [0.1, 0.15) is 0 Å². The molecule has 1 aliphatic rings. The normalized spacial score (nSPS) is 18.1. The first-order chi connectivity index (χ1) is 6.83. The number of unbranched alkanes of at least 4 members (excludes halogenated alkanes) is 1. The van der Waals surface area contributed by atoms with E-state index in [1.807, 2.05) is 5.01 Å². The van der Waals surface area contributed by atoms with Gasteiger partial charge in [0, 0.05) is 19.5 Å². The Balaban J connectivity index is 2.06. The maximum atomic E-state index is 11.4. The number of nitrogens with zero attached hydrogens (tertiary/aromatic N) is 1. The van der Waals surface area contributed by atoms with Gasteiger partial charge in [-0.2, -0.15) is 0 Å². The van der Waals surface area contributed by atoms with Gasteiger partial charge in [-0.3, -0.25) is 10.2 Å². The number of hydrogen-bond donors (Lipinski definition) is 2. The van der Waals surface area contributed by atoms with E-state index in [1.54, 1.807) is 0 Å². The van der Waals surface area contributed by atoms with Crippen LogP contribution in [0.15, 0.2) is 0 Å². The first-order valence-electron chi connectivity index (χ1n) is 5.57. The van der Waals surface area contributed by atoms with Gasteiger partial charge >= 0.3 is 0 Å². The molecule has 0 saturated carbocycles. The lowest BCUT2D eigenvalue weighted by Crippen LogP contribution is -2.44. The summed E-state index contributed by atoms with van der Waals surface area (Å²) in [6.07, 6.45) is 6.13. The number of nitrogens with one attached hydrogen (secondary N) is 1. The van der Waals surface area contributed by atoms with E-state index < -0.39 is 0 Å². The molecule has 0 unspecified atom stereocenters. The molecule has 1 amide bonds. The van der Waals surface area contributed by atoms with Crippen LogP contribution < -0.4 is 11.2 Å². The van der Waals surface area contributed by atoms with Crippen molar-refractivity contribution in [1.29, 1.82) is 0 Å². The molecule has 0 aromatic carbocycles. The Morgan fingerprint density at radius 1 is 1.21 bits per heavy atom. The zero-order valence-electron chi connectivity index (χ0n) is 8.80. The van der Waals surface area contributed by atoms with Crippen LogP contribution in [0.4, 0.5) is 0 Å². The fourth-order valence-electron chi connectivity index (χ4n) is 1.67. The molecule has 0 aliphatic carbocycles. The first kappa shape index (κ1) is 11.5. The molecule has 0 bridgehead atoms. The zero-order chi connectivity index (χ0) is 10.2. The fourth-order valence-corrected chi connectivity index (χ4v) is 1.67. The largest absolute Gasteiger partial charge is 0.330 e. The maximum Gasteiger partial charge on any atom is 0.234 e. The molecule has 3 N–H and O–H groups in total. The second-order valence-corrected chi connectivity index (χ2v) is 3.83. The molecule has 0 atom stereocenters. The van der Waals surface area contributed by atoms with Crippen LogP contribution in [-0.4, -0.2) is 30.6 Å². The van der Waals surface area contributed by atoms with Gasteiger partial charge < -0.3 is 5.73 Å². The number of rotatable bonds is 5. The van der Waals surface area contributed by atoms with E-state index in [0.29, 0.717) is 13.0 Å². The topological polar surface area (TPSA) is 58.4 Å². The molecule has 4 nitrogen and oxygen atoms in total. The van der Waals surface area contributed by atoms with E-state index in [4.69, 9.17) is 5.73 Å². The van der Waals surface area contributed by atoms with Gasteiger partial charge in [-0.15, -0.1) is 0 Å². The van der Waals surface area contributed by atoms with Gasteiger partial charge in [-0.25, -0.2) is 5.01 Å². The summed E-state index contributed by atoms with van der Waals surface area (Å²) >= 11 is 0. The van der Waals surface area contributed by atoms with Crippen molar-refractivity contribution in [2.45, 2.75) is 38.5 Å². The first-order valence-corrected chi connectivity index (χ1v) is 5.57. The Kier molecular flexibility index (Phi) is 5.56. The molecule has 82 valence electrons. The maximum absolute atomic E-state index is 11.4. The average molecular weight is 199 g/mol. The summed E-state index contributed by atoms with van der Waals surface area (Å²) in [6.45, 7) is 2.68. The minimum atomic E-state index is 0.139. The van der Waals surface area contributed by atoms with Crippen LogP contribution >= 0.6 is 0 Å². The van der Waals surface area contributed by atoms with Crippen LogP contribution in [0.1, 0.15) is 38.5 Å². The van der Waals surface area contributed by atoms with Crippen LogP contribution in [0.3, 0.4) is 0 Å². The van der Waals surface area contributed by atoms with Crippen LogP contribution in [0.5, 0.6) is 0 Å². The van der Waals surface area contributed by atoms with E-state index in [9.17, 15) is 4.79 Å². The van der Waals surface area contributed by atoms with E-state index in [1.165, 1.54) is 19.3 Å². The summed E-state index contributed by atoms with van der Waals surface area (Å²) in [5.74, 6) is 0.139. The third-order valence-corrected chi connectivity index (χ3v) is 2.50. The highest BCUT2D eigenvalue weighted by Gasteiger charge is 2.11. The quantitative estimate of drug-likeness (QED) is 0.639. The van der Waals surface area contributed by atoms with Crippen molar-refractivity contribution in [2.75, 3.05) is 19.6 Å². The highest BCUT2D eigenvalue weighted by atomic mass is 16.2. The molecule has 1 fully saturated rings. The fraction of sp³-hybridized carbons (Fsp3) is 0.900. The van der Waals surface area contributed by atoms with Crippen molar-refractivity contribution in [3.05, 3.63) is 0 Å². The number of carbonyl (C=O) groups is 1. The van der Waals surface area contributed by atoms with Gasteiger partial charge in [-0.05, 0) is 32.2 Å². The smallest absolute Gasteiger partial charge is 0.234 e. The summed E-state index contributed by atoms with van der Waals surface area (Å²) in [6, 6.07) is 0. The molecular weight excluding hydrogens is 178 g/mol. The molecule has 4 heteroatoms. The molecule has 1 rings (SSSR count). The molecule has 0 aromatic rings. The van der Waals surface area contributed by atoms with Gasteiger partial charge in [0.25, 0.3) is 0 Å². The lowest BCUT2D eigenvalue weighted by atomic mass is 10.2. The minimum Gasteiger partial charge on any atom is -0.330 e. The van der Waals surface area contributed by atoms with Crippen molar-refractivity contribution < 1.29 is 4.79 Å². The van der Waals surface area contributed by atoms with Crippen LogP contribution in [0.2, 0.25) is 0 Å². The third-order valence-electron chi connectivity index (χ3n) is 2.50. The Bertz CT molecular complexity index is 167. The number of hydrazine groups is 1. The SMILES string of the molecule is NCCCCC(=O)NN1CCCCC1. The predicted octanol–water partition coefficient (Wildman–Crippen LogP) is 0.632. The second-order valence-electron chi connectivity index (χ2n) is 3.83. The molecule has 14 heavy (non-hydrogen) atoms. The molecule has 0 spiro atoms. The molecule has 1 aliphatic heterocycles. The summed E-state index contributed by atoms with van der Waals surface area (Å²) in [7, 11) is 0. The Hall–Kier alpha value is -0.610. The van der Waals surface area contributed by atoms with E-state index in [-0.39, 0.29) is 5.91 Å². The van der Waals surface area contributed by atoms with Gasteiger partial charge in [0.15, 0.2) is 0 Å². The predicted molar refractivity (Wildman–Crippen MR) is 56.5 cm³/mol. The van der Waals surface area contributed by atoms with E-state index in [2.05, 4.69) is 5.43 Å². The van der Waals surface area contributed by atoms with Crippen molar-refractivity contribution >= 4 is 5.91 Å². The summed E-state index contributed by atoms with van der Waals surface area (Å²) in [5.41, 5.74) is 8.29. The van der Waals surface area contributed by atoms with E-state index >= 15 is 0 Å².